The van der Waals surface area contributed by atoms with Gasteiger partial charge < -0.3 is 0 Å². The van der Waals surface area contributed by atoms with Gasteiger partial charge >= 0.3 is 0 Å². The van der Waals surface area contributed by atoms with E-state index in [0.717, 1.165) is 18.3 Å². The molecule has 2 rings (SSSR count). The topological polar surface area (TPSA) is 49.7 Å². The number of hydrogen-bond acceptors (Lipinski definition) is 3. The first-order valence-electron chi connectivity index (χ1n) is 5.95. The molecule has 0 aliphatic carbocycles. The van der Waals surface area contributed by atoms with Crippen LogP contribution >= 0.6 is 0 Å². The normalized spacial score (nSPS) is 11.8. The number of nitrogens with zero attached hydrogens (tertiary/aromatic N) is 2. The molecule has 4 nitrogen and oxygen atoms in total. The van der Waals surface area contributed by atoms with Gasteiger partial charge in [-0.3, -0.25) is 0 Å². The molecule has 0 aliphatic rings. The molecular weight excluding hydrogens is 298 g/mol. The van der Waals surface area contributed by atoms with Crippen LogP contribution in [0.1, 0.15) is 5.56 Å². The van der Waals surface area contributed by atoms with Gasteiger partial charge in [0.25, 0.3) is 10.0 Å². The van der Waals surface area contributed by atoms with Crippen LogP contribution in [-0.4, -0.2) is 26.1 Å². The fourth-order valence-electron chi connectivity index (χ4n) is 1.58. The molecule has 0 N–H and O–H groups in total. The Hall–Kier alpha value is -2.28. The summed E-state index contributed by atoms with van der Waals surface area (Å²) in [4.78, 5) is 0.0404. The van der Waals surface area contributed by atoms with Crippen LogP contribution < -0.4 is 0 Å². The summed E-state index contributed by atoms with van der Waals surface area (Å²) in [6.45, 7) is 0. The Morgan fingerprint density at radius 3 is 2.14 bits per heavy atom. The summed E-state index contributed by atoms with van der Waals surface area (Å²) >= 11 is 0. The molecule has 0 unspecified atom stereocenters. The summed E-state index contributed by atoms with van der Waals surface area (Å²) in [5, 5.41) is 3.60. The standard InChI is InChI=1S/C14H12F2N2O2S/c1-18(21(19,20)11-6-3-2-4-7-11)17-10-12-13(15)8-5-9-14(12)16/h2-10H,1H3. The summed E-state index contributed by atoms with van der Waals surface area (Å²) in [5.74, 6) is -1.63. The van der Waals surface area contributed by atoms with Crippen molar-refractivity contribution in [1.82, 2.24) is 4.41 Å². The smallest absolute Gasteiger partial charge is 0.206 e. The number of halogens is 2. The highest BCUT2D eigenvalue weighted by molar-refractivity contribution is 7.89. The lowest BCUT2D eigenvalue weighted by molar-refractivity contribution is 0.490. The molecule has 21 heavy (non-hydrogen) atoms. The predicted octanol–water partition coefficient (Wildman–Crippen LogP) is 2.62. The molecule has 0 bridgehead atoms. The van der Waals surface area contributed by atoms with E-state index in [1.165, 1.54) is 25.2 Å². The first kappa shape index (κ1) is 15.1. The molecule has 0 spiro atoms. The van der Waals surface area contributed by atoms with Crippen molar-refractivity contribution in [2.45, 2.75) is 4.90 Å². The van der Waals surface area contributed by atoms with Gasteiger partial charge in [0.05, 0.1) is 16.7 Å². The Morgan fingerprint density at radius 1 is 1.00 bits per heavy atom. The summed E-state index contributed by atoms with van der Waals surface area (Å²) < 4.78 is 51.8. The van der Waals surface area contributed by atoms with Crippen LogP contribution in [0.25, 0.3) is 0 Å². The zero-order chi connectivity index (χ0) is 15.5. The maximum atomic E-state index is 13.4. The van der Waals surface area contributed by atoms with Crippen LogP contribution in [0.15, 0.2) is 58.5 Å². The molecule has 0 heterocycles. The van der Waals surface area contributed by atoms with Gasteiger partial charge in [0.2, 0.25) is 0 Å². The van der Waals surface area contributed by atoms with Crippen molar-refractivity contribution in [2.24, 2.45) is 5.10 Å². The molecule has 2 aromatic rings. The second kappa shape index (κ2) is 6.01. The molecule has 7 heteroatoms. The van der Waals surface area contributed by atoms with Gasteiger partial charge in [0, 0.05) is 7.05 Å². The van der Waals surface area contributed by atoms with Crippen LogP contribution in [-0.2, 0) is 10.0 Å². The second-order valence-corrected chi connectivity index (χ2v) is 6.08. The lowest BCUT2D eigenvalue weighted by Gasteiger charge is -2.13. The van der Waals surface area contributed by atoms with Gasteiger partial charge in [0.15, 0.2) is 0 Å². The van der Waals surface area contributed by atoms with E-state index in [2.05, 4.69) is 5.10 Å². The molecule has 0 aliphatic heterocycles. The Kier molecular flexibility index (Phi) is 4.32. The lowest BCUT2D eigenvalue weighted by atomic mass is 10.2. The van der Waals surface area contributed by atoms with E-state index in [4.69, 9.17) is 0 Å². The first-order chi connectivity index (χ1) is 9.93. The molecular formula is C14H12F2N2O2S. The maximum Gasteiger partial charge on any atom is 0.278 e. The number of sulfonamides is 1. The minimum atomic E-state index is -3.84. The molecule has 0 amide bonds. The zero-order valence-corrected chi connectivity index (χ0v) is 11.9. The average molecular weight is 310 g/mol. The van der Waals surface area contributed by atoms with Crippen molar-refractivity contribution in [3.8, 4) is 0 Å². The van der Waals surface area contributed by atoms with E-state index in [1.807, 2.05) is 0 Å². The Morgan fingerprint density at radius 2 is 1.57 bits per heavy atom. The SMILES string of the molecule is CN(N=Cc1c(F)cccc1F)S(=O)(=O)c1ccccc1. The molecule has 0 saturated carbocycles. The van der Waals surface area contributed by atoms with Crippen molar-refractivity contribution in [2.75, 3.05) is 7.05 Å². The highest BCUT2D eigenvalue weighted by Gasteiger charge is 2.18. The lowest BCUT2D eigenvalue weighted by Crippen LogP contribution is -2.22. The molecule has 0 aromatic heterocycles. The van der Waals surface area contributed by atoms with E-state index in [9.17, 15) is 17.2 Å². The largest absolute Gasteiger partial charge is 0.278 e. The molecule has 0 atom stereocenters. The van der Waals surface area contributed by atoms with Crippen LogP contribution in [0.2, 0.25) is 0 Å². The molecule has 0 fully saturated rings. The van der Waals surface area contributed by atoms with E-state index < -0.39 is 27.2 Å². The van der Waals surface area contributed by atoms with E-state index in [0.29, 0.717) is 4.41 Å². The van der Waals surface area contributed by atoms with Crippen molar-refractivity contribution < 1.29 is 17.2 Å². The fraction of sp³-hybridized carbons (Fsp3) is 0.0714. The summed E-state index contributed by atoms with van der Waals surface area (Å²) in [6, 6.07) is 11.0. The van der Waals surface area contributed by atoms with Crippen molar-refractivity contribution in [3.63, 3.8) is 0 Å². The fourth-order valence-corrected chi connectivity index (χ4v) is 2.56. The number of hydrazone groups is 1. The molecule has 0 radical (unpaired) electrons. The van der Waals surface area contributed by atoms with Crippen molar-refractivity contribution in [1.29, 1.82) is 0 Å². The Balaban J connectivity index is 2.30. The second-order valence-electron chi connectivity index (χ2n) is 4.13. The third kappa shape index (κ3) is 3.25. The predicted molar refractivity (Wildman–Crippen MR) is 75.3 cm³/mol. The summed E-state index contributed by atoms with van der Waals surface area (Å²) in [7, 11) is -2.65. The van der Waals surface area contributed by atoms with Crippen LogP contribution in [0.5, 0.6) is 0 Å². The molecule has 110 valence electrons. The molecule has 2 aromatic carbocycles. The highest BCUT2D eigenvalue weighted by atomic mass is 32.2. The quantitative estimate of drug-likeness (QED) is 0.644. The van der Waals surface area contributed by atoms with Gasteiger partial charge in [-0.15, -0.1) is 0 Å². The van der Waals surface area contributed by atoms with E-state index in [-0.39, 0.29) is 4.90 Å². The third-order valence-corrected chi connectivity index (χ3v) is 4.40. The van der Waals surface area contributed by atoms with Crippen LogP contribution in [0.3, 0.4) is 0 Å². The zero-order valence-electron chi connectivity index (χ0n) is 11.1. The van der Waals surface area contributed by atoms with Gasteiger partial charge in [-0.05, 0) is 24.3 Å². The number of rotatable bonds is 4. The summed E-state index contributed by atoms with van der Waals surface area (Å²) in [6.07, 6.45) is 0.838. The summed E-state index contributed by atoms with van der Waals surface area (Å²) in [5.41, 5.74) is -0.396. The number of benzene rings is 2. The Bertz CT molecular complexity index is 742. The molecule has 0 saturated heterocycles. The van der Waals surface area contributed by atoms with Gasteiger partial charge in [-0.25, -0.2) is 8.78 Å². The van der Waals surface area contributed by atoms with Crippen molar-refractivity contribution >= 4 is 16.2 Å². The maximum absolute atomic E-state index is 13.4. The van der Waals surface area contributed by atoms with Gasteiger partial charge in [-0.1, -0.05) is 24.3 Å². The van der Waals surface area contributed by atoms with Gasteiger partial charge in [0.1, 0.15) is 11.6 Å². The van der Waals surface area contributed by atoms with Gasteiger partial charge in [-0.2, -0.15) is 17.9 Å². The minimum absolute atomic E-state index is 0.0404. The minimum Gasteiger partial charge on any atom is -0.206 e. The monoisotopic (exact) mass is 310 g/mol. The van der Waals surface area contributed by atoms with Crippen LogP contribution in [0.4, 0.5) is 8.78 Å². The highest BCUT2D eigenvalue weighted by Crippen LogP contribution is 2.14. The van der Waals surface area contributed by atoms with E-state index in [1.54, 1.807) is 18.2 Å². The van der Waals surface area contributed by atoms with Crippen molar-refractivity contribution in [3.05, 3.63) is 65.7 Å². The first-order valence-corrected chi connectivity index (χ1v) is 7.39. The average Bonchev–Trinajstić information content (AvgIpc) is 2.47. The van der Waals surface area contributed by atoms with E-state index >= 15 is 0 Å². The number of hydrogen-bond donors (Lipinski definition) is 0. The van der Waals surface area contributed by atoms with Crippen LogP contribution in [0, 0.1) is 11.6 Å². The third-order valence-electron chi connectivity index (χ3n) is 2.74. The Labute approximate surface area is 121 Å².